The van der Waals surface area contributed by atoms with Crippen LogP contribution in [0.3, 0.4) is 0 Å². The zero-order valence-corrected chi connectivity index (χ0v) is 11.7. The molecule has 2 rings (SSSR count). The van der Waals surface area contributed by atoms with Crippen molar-refractivity contribution in [3.05, 3.63) is 48.0 Å². The quantitative estimate of drug-likeness (QED) is 0.784. The summed E-state index contributed by atoms with van der Waals surface area (Å²) in [5.41, 5.74) is 1.78. The highest BCUT2D eigenvalue weighted by molar-refractivity contribution is 5.82. The normalized spacial score (nSPS) is 11.9. The topological polar surface area (TPSA) is 12.0 Å². The molecule has 0 aliphatic rings. The van der Waals surface area contributed by atoms with Gasteiger partial charge in [0.15, 0.2) is 0 Å². The molecule has 0 heterocycles. The SMILES string of the molecule is CC(C)(C)CCNCc1ccc2ccccc2c1. The zero-order valence-electron chi connectivity index (χ0n) is 11.7. The minimum atomic E-state index is 0.413. The van der Waals surface area contributed by atoms with Gasteiger partial charge >= 0.3 is 0 Å². The fourth-order valence-corrected chi connectivity index (χ4v) is 2.04. The Hall–Kier alpha value is -1.34. The molecule has 2 aromatic carbocycles. The minimum Gasteiger partial charge on any atom is -0.313 e. The van der Waals surface area contributed by atoms with Crippen LogP contribution in [0, 0.1) is 5.41 Å². The second-order valence-electron chi connectivity index (χ2n) is 6.17. The van der Waals surface area contributed by atoms with Gasteiger partial charge in [0.25, 0.3) is 0 Å². The van der Waals surface area contributed by atoms with Gasteiger partial charge in [-0.2, -0.15) is 0 Å². The van der Waals surface area contributed by atoms with Crippen LogP contribution >= 0.6 is 0 Å². The summed E-state index contributed by atoms with van der Waals surface area (Å²) in [7, 11) is 0. The number of hydrogen-bond acceptors (Lipinski definition) is 1. The Kier molecular flexibility index (Phi) is 4.03. The van der Waals surface area contributed by atoms with E-state index in [1.54, 1.807) is 0 Å². The second-order valence-corrected chi connectivity index (χ2v) is 6.17. The minimum absolute atomic E-state index is 0.413. The largest absolute Gasteiger partial charge is 0.313 e. The molecule has 0 bridgehead atoms. The maximum atomic E-state index is 3.52. The Morgan fingerprint density at radius 1 is 0.944 bits per heavy atom. The van der Waals surface area contributed by atoms with Gasteiger partial charge in [-0.25, -0.2) is 0 Å². The molecule has 0 aliphatic carbocycles. The highest BCUT2D eigenvalue weighted by Crippen LogP contribution is 2.18. The molecule has 0 amide bonds. The van der Waals surface area contributed by atoms with Crippen LogP contribution in [0.15, 0.2) is 42.5 Å². The van der Waals surface area contributed by atoms with E-state index < -0.39 is 0 Å². The Labute approximate surface area is 110 Å². The first-order valence-corrected chi connectivity index (χ1v) is 6.73. The van der Waals surface area contributed by atoms with Crippen molar-refractivity contribution in [3.63, 3.8) is 0 Å². The molecule has 0 saturated heterocycles. The molecule has 0 spiro atoms. The number of nitrogens with one attached hydrogen (secondary N) is 1. The lowest BCUT2D eigenvalue weighted by Gasteiger charge is -2.18. The van der Waals surface area contributed by atoms with Crippen molar-refractivity contribution < 1.29 is 0 Å². The Balaban J connectivity index is 1.92. The molecule has 18 heavy (non-hydrogen) atoms. The molecule has 1 heteroatoms. The van der Waals surface area contributed by atoms with Crippen LogP contribution in [-0.4, -0.2) is 6.54 Å². The number of fused-ring (bicyclic) bond motifs is 1. The molecule has 0 unspecified atom stereocenters. The lowest BCUT2D eigenvalue weighted by Crippen LogP contribution is -2.20. The van der Waals surface area contributed by atoms with Crippen LogP contribution in [0.25, 0.3) is 10.8 Å². The first-order valence-electron chi connectivity index (χ1n) is 6.73. The van der Waals surface area contributed by atoms with E-state index in [1.807, 2.05) is 0 Å². The van der Waals surface area contributed by atoms with Crippen molar-refractivity contribution >= 4 is 10.8 Å². The summed E-state index contributed by atoms with van der Waals surface area (Å²) < 4.78 is 0. The number of hydrogen-bond donors (Lipinski definition) is 1. The molecule has 0 aromatic heterocycles. The van der Waals surface area contributed by atoms with E-state index >= 15 is 0 Å². The van der Waals surface area contributed by atoms with Gasteiger partial charge in [0.05, 0.1) is 0 Å². The van der Waals surface area contributed by atoms with Crippen LogP contribution in [0.4, 0.5) is 0 Å². The van der Waals surface area contributed by atoms with Crippen molar-refractivity contribution in [2.24, 2.45) is 5.41 Å². The summed E-state index contributed by atoms with van der Waals surface area (Å²) in [4.78, 5) is 0. The van der Waals surface area contributed by atoms with E-state index in [0.717, 1.165) is 13.1 Å². The van der Waals surface area contributed by atoms with Gasteiger partial charge in [-0.1, -0.05) is 57.2 Å². The molecule has 1 nitrogen and oxygen atoms in total. The molecular formula is C17H23N. The third-order valence-electron chi connectivity index (χ3n) is 3.19. The fraction of sp³-hybridized carbons (Fsp3) is 0.412. The predicted molar refractivity (Wildman–Crippen MR) is 79.7 cm³/mol. The Bertz CT molecular complexity index is 508. The zero-order chi connectivity index (χ0) is 13.0. The van der Waals surface area contributed by atoms with Crippen LogP contribution in [-0.2, 0) is 6.54 Å². The molecule has 1 N–H and O–H groups in total. The lowest BCUT2D eigenvalue weighted by atomic mass is 9.92. The summed E-state index contributed by atoms with van der Waals surface area (Å²) in [6.07, 6.45) is 1.21. The van der Waals surface area contributed by atoms with E-state index in [2.05, 4.69) is 68.6 Å². The second kappa shape index (κ2) is 5.53. The molecule has 0 radical (unpaired) electrons. The summed E-state index contributed by atoms with van der Waals surface area (Å²) in [5, 5.41) is 6.17. The first kappa shape index (κ1) is 13.1. The molecule has 0 saturated carbocycles. The molecule has 0 aliphatic heterocycles. The highest BCUT2D eigenvalue weighted by atomic mass is 14.8. The maximum absolute atomic E-state index is 3.52. The third-order valence-corrected chi connectivity index (χ3v) is 3.19. The summed E-state index contributed by atoms with van der Waals surface area (Å²) in [5.74, 6) is 0. The standard InChI is InChI=1S/C17H23N/c1-17(2,3)10-11-18-13-14-8-9-15-6-4-5-7-16(15)12-14/h4-9,12,18H,10-11,13H2,1-3H3. The van der Waals surface area contributed by atoms with Gasteiger partial charge < -0.3 is 5.32 Å². The molecule has 2 aromatic rings. The van der Waals surface area contributed by atoms with Crippen LogP contribution in [0.2, 0.25) is 0 Å². The van der Waals surface area contributed by atoms with E-state index in [-0.39, 0.29) is 0 Å². The molecule has 0 atom stereocenters. The van der Waals surface area contributed by atoms with Gasteiger partial charge in [-0.15, -0.1) is 0 Å². The van der Waals surface area contributed by atoms with Crippen molar-refractivity contribution in [1.82, 2.24) is 5.32 Å². The van der Waals surface area contributed by atoms with E-state index in [4.69, 9.17) is 0 Å². The summed E-state index contributed by atoms with van der Waals surface area (Å²) in [6.45, 7) is 8.89. The van der Waals surface area contributed by atoms with E-state index in [0.29, 0.717) is 5.41 Å². The number of benzene rings is 2. The molecular weight excluding hydrogens is 218 g/mol. The van der Waals surface area contributed by atoms with Crippen molar-refractivity contribution in [3.8, 4) is 0 Å². The van der Waals surface area contributed by atoms with Gasteiger partial charge in [0.2, 0.25) is 0 Å². The smallest absolute Gasteiger partial charge is 0.0205 e. The van der Waals surface area contributed by atoms with Gasteiger partial charge in [-0.3, -0.25) is 0 Å². The maximum Gasteiger partial charge on any atom is 0.0205 e. The van der Waals surface area contributed by atoms with Gasteiger partial charge in [-0.05, 0) is 40.8 Å². The Morgan fingerprint density at radius 3 is 2.39 bits per heavy atom. The number of rotatable bonds is 4. The first-order chi connectivity index (χ1) is 8.54. The Morgan fingerprint density at radius 2 is 1.67 bits per heavy atom. The predicted octanol–water partition coefficient (Wildman–Crippen LogP) is 4.37. The molecule has 0 fully saturated rings. The van der Waals surface area contributed by atoms with Crippen LogP contribution in [0.5, 0.6) is 0 Å². The van der Waals surface area contributed by atoms with Crippen LogP contribution in [0.1, 0.15) is 32.8 Å². The van der Waals surface area contributed by atoms with Gasteiger partial charge in [0, 0.05) is 6.54 Å². The summed E-state index contributed by atoms with van der Waals surface area (Å²) >= 11 is 0. The van der Waals surface area contributed by atoms with E-state index in [9.17, 15) is 0 Å². The average molecular weight is 241 g/mol. The van der Waals surface area contributed by atoms with Crippen molar-refractivity contribution in [2.45, 2.75) is 33.7 Å². The fourth-order valence-electron chi connectivity index (χ4n) is 2.04. The van der Waals surface area contributed by atoms with Crippen molar-refractivity contribution in [1.29, 1.82) is 0 Å². The third kappa shape index (κ3) is 3.85. The lowest BCUT2D eigenvalue weighted by molar-refractivity contribution is 0.366. The molecule has 96 valence electrons. The highest BCUT2D eigenvalue weighted by Gasteiger charge is 2.08. The van der Waals surface area contributed by atoms with Crippen molar-refractivity contribution in [2.75, 3.05) is 6.54 Å². The summed E-state index contributed by atoms with van der Waals surface area (Å²) in [6, 6.07) is 15.2. The van der Waals surface area contributed by atoms with Crippen LogP contribution < -0.4 is 5.32 Å². The monoisotopic (exact) mass is 241 g/mol. The van der Waals surface area contributed by atoms with E-state index in [1.165, 1.54) is 22.8 Å². The average Bonchev–Trinajstić information content (AvgIpc) is 2.33. The van der Waals surface area contributed by atoms with Gasteiger partial charge in [0.1, 0.15) is 0 Å².